The number of carbonyl (C=O) groups excluding carboxylic acids is 1. The van der Waals surface area contributed by atoms with E-state index in [0.717, 1.165) is 6.20 Å². The van der Waals surface area contributed by atoms with Crippen LogP contribution in [0.5, 0.6) is 0 Å². The molecule has 0 radical (unpaired) electrons. The quantitative estimate of drug-likeness (QED) is 0.649. The normalized spacial score (nSPS) is 11.6. The van der Waals surface area contributed by atoms with Crippen molar-refractivity contribution in [3.63, 3.8) is 0 Å². The van der Waals surface area contributed by atoms with Crippen molar-refractivity contribution < 1.29 is 14.7 Å². The fourth-order valence-electron chi connectivity index (χ4n) is 1.02. The Kier molecular flexibility index (Phi) is 3.76. The summed E-state index contributed by atoms with van der Waals surface area (Å²) in [4.78, 5) is 29.2. The molecule has 0 bridgehead atoms. The molecule has 0 aliphatic rings. The van der Waals surface area contributed by atoms with Crippen LogP contribution in [0.15, 0.2) is 12.4 Å². The zero-order valence-corrected chi connectivity index (χ0v) is 8.89. The first-order chi connectivity index (χ1) is 7.54. The molecular weight excluding hydrogens is 212 g/mol. The molecule has 1 heterocycles. The number of aromatic nitrogens is 2. The molecule has 1 aromatic rings. The lowest BCUT2D eigenvalue weighted by molar-refractivity contribution is -0.121. The van der Waals surface area contributed by atoms with Gasteiger partial charge in [-0.3, -0.25) is 4.79 Å². The number of carboxylic acid groups (broad SMARTS) is 1. The van der Waals surface area contributed by atoms with Gasteiger partial charge in [-0.1, -0.05) is 0 Å². The van der Waals surface area contributed by atoms with Crippen molar-refractivity contribution in [2.75, 3.05) is 12.4 Å². The van der Waals surface area contributed by atoms with Gasteiger partial charge in [0, 0.05) is 7.05 Å². The Bertz CT molecular complexity index is 390. The van der Waals surface area contributed by atoms with Gasteiger partial charge >= 0.3 is 5.97 Å². The lowest BCUT2D eigenvalue weighted by atomic mass is 10.3. The molecular formula is C9H12N4O3. The van der Waals surface area contributed by atoms with Gasteiger partial charge in [0.2, 0.25) is 5.91 Å². The average Bonchev–Trinajstić information content (AvgIpc) is 2.28. The standard InChI is InChI=1S/C9H12N4O3/c1-5(8(14)10-2)13-7-4-11-6(3-12-7)9(15)16/h3-5H,1-2H3,(H,10,14)(H,12,13)(H,15,16). The number of anilines is 1. The van der Waals surface area contributed by atoms with Crippen LogP contribution in [0.4, 0.5) is 5.82 Å². The average molecular weight is 224 g/mol. The van der Waals surface area contributed by atoms with Crippen LogP contribution in [0, 0.1) is 0 Å². The predicted molar refractivity (Wildman–Crippen MR) is 56.1 cm³/mol. The third-order valence-corrected chi connectivity index (χ3v) is 1.88. The van der Waals surface area contributed by atoms with Crippen LogP contribution in [-0.2, 0) is 4.79 Å². The maximum atomic E-state index is 11.2. The van der Waals surface area contributed by atoms with Crippen LogP contribution in [0.25, 0.3) is 0 Å². The summed E-state index contributed by atoms with van der Waals surface area (Å²) < 4.78 is 0. The Morgan fingerprint density at radius 2 is 2.06 bits per heavy atom. The van der Waals surface area contributed by atoms with Crippen molar-refractivity contribution in [2.24, 2.45) is 0 Å². The first-order valence-electron chi connectivity index (χ1n) is 4.58. The minimum Gasteiger partial charge on any atom is -0.476 e. The van der Waals surface area contributed by atoms with Gasteiger partial charge in [-0.25, -0.2) is 14.8 Å². The number of nitrogens with zero attached hydrogens (tertiary/aromatic N) is 2. The summed E-state index contributed by atoms with van der Waals surface area (Å²) in [6, 6.07) is -0.463. The van der Waals surface area contributed by atoms with Crippen LogP contribution in [-0.4, -0.2) is 40.0 Å². The molecule has 1 amide bonds. The van der Waals surface area contributed by atoms with E-state index >= 15 is 0 Å². The minimum absolute atomic E-state index is 0.141. The number of likely N-dealkylation sites (N-methyl/N-ethyl adjacent to an activating group) is 1. The van der Waals surface area contributed by atoms with Crippen LogP contribution in [0.1, 0.15) is 17.4 Å². The van der Waals surface area contributed by atoms with E-state index in [0.29, 0.717) is 5.82 Å². The maximum absolute atomic E-state index is 11.2. The first-order valence-corrected chi connectivity index (χ1v) is 4.58. The number of nitrogens with one attached hydrogen (secondary N) is 2. The van der Waals surface area contributed by atoms with Crippen LogP contribution < -0.4 is 10.6 Å². The molecule has 0 aliphatic carbocycles. The highest BCUT2D eigenvalue weighted by molar-refractivity contribution is 5.85. The number of carbonyl (C=O) groups is 2. The summed E-state index contributed by atoms with van der Waals surface area (Å²) in [7, 11) is 1.53. The van der Waals surface area contributed by atoms with E-state index in [2.05, 4.69) is 20.6 Å². The highest BCUT2D eigenvalue weighted by Gasteiger charge is 2.11. The largest absolute Gasteiger partial charge is 0.476 e. The van der Waals surface area contributed by atoms with E-state index in [1.165, 1.54) is 13.2 Å². The van der Waals surface area contributed by atoms with Gasteiger partial charge in [0.15, 0.2) is 5.69 Å². The van der Waals surface area contributed by atoms with Crippen molar-refractivity contribution in [3.05, 3.63) is 18.1 Å². The highest BCUT2D eigenvalue weighted by Crippen LogP contribution is 2.03. The van der Waals surface area contributed by atoms with E-state index in [9.17, 15) is 9.59 Å². The van der Waals surface area contributed by atoms with E-state index in [1.807, 2.05) is 0 Å². The summed E-state index contributed by atoms with van der Waals surface area (Å²) in [5.41, 5.74) is -0.141. The van der Waals surface area contributed by atoms with Crippen LogP contribution in [0.2, 0.25) is 0 Å². The molecule has 7 heteroatoms. The van der Waals surface area contributed by atoms with E-state index < -0.39 is 12.0 Å². The number of aromatic carboxylic acids is 1. The van der Waals surface area contributed by atoms with Crippen molar-refractivity contribution in [3.8, 4) is 0 Å². The van der Waals surface area contributed by atoms with Crippen LogP contribution in [0.3, 0.4) is 0 Å². The van der Waals surface area contributed by atoms with E-state index in [1.54, 1.807) is 6.92 Å². The predicted octanol–water partition coefficient (Wildman–Crippen LogP) is -0.279. The first kappa shape index (κ1) is 11.9. The molecule has 7 nitrogen and oxygen atoms in total. The fourth-order valence-corrected chi connectivity index (χ4v) is 1.02. The number of hydrogen-bond acceptors (Lipinski definition) is 5. The highest BCUT2D eigenvalue weighted by atomic mass is 16.4. The third kappa shape index (κ3) is 2.91. The Morgan fingerprint density at radius 1 is 1.38 bits per heavy atom. The molecule has 1 aromatic heterocycles. The molecule has 1 atom stereocenters. The second kappa shape index (κ2) is 5.06. The number of amides is 1. The Balaban J connectivity index is 2.68. The number of hydrogen-bond donors (Lipinski definition) is 3. The van der Waals surface area contributed by atoms with Crippen molar-refractivity contribution in [1.82, 2.24) is 15.3 Å². The Labute approximate surface area is 91.9 Å². The lowest BCUT2D eigenvalue weighted by Crippen LogP contribution is -2.35. The summed E-state index contributed by atoms with van der Waals surface area (Å²) in [6.45, 7) is 1.66. The topological polar surface area (TPSA) is 104 Å². The molecule has 86 valence electrons. The fraction of sp³-hybridized carbons (Fsp3) is 0.333. The second-order valence-electron chi connectivity index (χ2n) is 3.07. The molecule has 16 heavy (non-hydrogen) atoms. The molecule has 0 aromatic carbocycles. The molecule has 3 N–H and O–H groups in total. The smallest absolute Gasteiger partial charge is 0.356 e. The van der Waals surface area contributed by atoms with Crippen LogP contribution >= 0.6 is 0 Å². The van der Waals surface area contributed by atoms with Gasteiger partial charge in [-0.15, -0.1) is 0 Å². The molecule has 0 saturated heterocycles. The molecule has 1 rings (SSSR count). The molecule has 0 aliphatic heterocycles. The van der Waals surface area contributed by atoms with Gasteiger partial charge in [-0.2, -0.15) is 0 Å². The molecule has 0 fully saturated rings. The molecule has 0 saturated carbocycles. The van der Waals surface area contributed by atoms with Gasteiger partial charge in [0.25, 0.3) is 0 Å². The molecule has 0 spiro atoms. The summed E-state index contributed by atoms with van der Waals surface area (Å²) >= 11 is 0. The monoisotopic (exact) mass is 224 g/mol. The summed E-state index contributed by atoms with van der Waals surface area (Å²) in [5, 5.41) is 13.8. The van der Waals surface area contributed by atoms with E-state index in [4.69, 9.17) is 5.11 Å². The SMILES string of the molecule is CNC(=O)C(C)Nc1cnc(C(=O)O)cn1. The van der Waals surface area contributed by atoms with Gasteiger partial charge < -0.3 is 15.7 Å². The van der Waals surface area contributed by atoms with Crippen molar-refractivity contribution in [2.45, 2.75) is 13.0 Å². The Hall–Kier alpha value is -2.18. The zero-order chi connectivity index (χ0) is 12.1. The Morgan fingerprint density at radius 3 is 2.50 bits per heavy atom. The zero-order valence-electron chi connectivity index (χ0n) is 8.89. The minimum atomic E-state index is -1.14. The number of carboxylic acids is 1. The third-order valence-electron chi connectivity index (χ3n) is 1.88. The van der Waals surface area contributed by atoms with Crippen molar-refractivity contribution in [1.29, 1.82) is 0 Å². The van der Waals surface area contributed by atoms with Crippen molar-refractivity contribution >= 4 is 17.7 Å². The van der Waals surface area contributed by atoms with Gasteiger partial charge in [0.1, 0.15) is 11.9 Å². The second-order valence-corrected chi connectivity index (χ2v) is 3.07. The maximum Gasteiger partial charge on any atom is 0.356 e. The van der Waals surface area contributed by atoms with E-state index in [-0.39, 0.29) is 11.6 Å². The molecule has 1 unspecified atom stereocenters. The lowest BCUT2D eigenvalue weighted by Gasteiger charge is -2.12. The summed E-state index contributed by atoms with van der Waals surface area (Å²) in [5.74, 6) is -0.983. The van der Waals surface area contributed by atoms with Gasteiger partial charge in [-0.05, 0) is 6.92 Å². The van der Waals surface area contributed by atoms with Gasteiger partial charge in [0.05, 0.1) is 12.4 Å². The number of rotatable bonds is 4. The summed E-state index contributed by atoms with van der Waals surface area (Å²) in [6.07, 6.45) is 2.39.